The first kappa shape index (κ1) is 26.4. The molecular formula is C26H32Cl2N2O2. The number of hydrogen-bond acceptors (Lipinski definition) is 4. The van der Waals surface area contributed by atoms with Gasteiger partial charge in [-0.2, -0.15) is 5.26 Å². The minimum atomic E-state index is -0.400. The number of aliphatic hydroxyl groups excluding tert-OH is 1. The van der Waals surface area contributed by atoms with Crippen molar-refractivity contribution in [1.82, 2.24) is 5.32 Å². The summed E-state index contributed by atoms with van der Waals surface area (Å²) < 4.78 is 0. The standard InChI is InChI=1S/C25H28Cl2N2O.CH4O/c1-4-25(15-30)12-11-21(20-10-5-17(14-28)13-22(20)27)23(24(25)16(2)29-3)18-6-8-19(26)9-7-18;1-2/h5-10,13,15-16,21,23-24,29H,4,11-12H2,1-3H3;2H,1H3/t16?,21?,23?,24-,25?;/m0./s1. The van der Waals surface area contributed by atoms with Crippen molar-refractivity contribution in [2.45, 2.75) is 51.0 Å². The molecule has 0 aliphatic heterocycles. The minimum absolute atomic E-state index is 0.0917. The van der Waals surface area contributed by atoms with Gasteiger partial charge < -0.3 is 15.2 Å². The zero-order valence-electron chi connectivity index (χ0n) is 19.1. The summed E-state index contributed by atoms with van der Waals surface area (Å²) in [5.41, 5.74) is 2.36. The fourth-order valence-corrected chi connectivity index (χ4v) is 5.82. The first-order valence-electron chi connectivity index (χ1n) is 10.9. The summed E-state index contributed by atoms with van der Waals surface area (Å²) in [4.78, 5) is 12.5. The van der Waals surface area contributed by atoms with Crippen molar-refractivity contribution in [3.05, 3.63) is 69.2 Å². The fourth-order valence-electron chi connectivity index (χ4n) is 5.37. The summed E-state index contributed by atoms with van der Waals surface area (Å²) in [6, 6.07) is 15.8. The maximum atomic E-state index is 12.5. The van der Waals surface area contributed by atoms with Crippen LogP contribution < -0.4 is 5.32 Å². The summed E-state index contributed by atoms with van der Waals surface area (Å²) in [5.74, 6) is 0.331. The van der Waals surface area contributed by atoms with E-state index in [0.717, 1.165) is 37.5 Å². The van der Waals surface area contributed by atoms with Crippen molar-refractivity contribution >= 4 is 29.5 Å². The normalized spacial score (nSPS) is 25.8. The van der Waals surface area contributed by atoms with Gasteiger partial charge >= 0.3 is 0 Å². The molecule has 0 spiro atoms. The number of carbonyl (C=O) groups is 1. The number of aldehydes is 1. The van der Waals surface area contributed by atoms with Crippen LogP contribution in [0.25, 0.3) is 0 Å². The van der Waals surface area contributed by atoms with Gasteiger partial charge in [-0.15, -0.1) is 0 Å². The molecule has 2 N–H and O–H groups in total. The van der Waals surface area contributed by atoms with E-state index in [-0.39, 0.29) is 23.8 Å². The molecule has 0 amide bonds. The molecule has 32 heavy (non-hydrogen) atoms. The molecule has 1 aliphatic carbocycles. The molecule has 0 aromatic heterocycles. The van der Waals surface area contributed by atoms with Crippen LogP contribution in [-0.2, 0) is 4.79 Å². The van der Waals surface area contributed by atoms with Crippen molar-refractivity contribution in [1.29, 1.82) is 5.26 Å². The Morgan fingerprint density at radius 3 is 2.41 bits per heavy atom. The number of nitrogens with one attached hydrogen (secondary N) is 1. The van der Waals surface area contributed by atoms with Crippen molar-refractivity contribution in [3.63, 3.8) is 0 Å². The maximum absolute atomic E-state index is 12.5. The smallest absolute Gasteiger partial charge is 0.126 e. The van der Waals surface area contributed by atoms with Crippen LogP contribution in [-0.4, -0.2) is 31.6 Å². The monoisotopic (exact) mass is 474 g/mol. The van der Waals surface area contributed by atoms with Crippen LogP contribution in [0.1, 0.15) is 61.6 Å². The van der Waals surface area contributed by atoms with Crippen molar-refractivity contribution < 1.29 is 9.90 Å². The van der Waals surface area contributed by atoms with Gasteiger partial charge in [-0.1, -0.05) is 48.3 Å². The molecule has 2 aromatic carbocycles. The van der Waals surface area contributed by atoms with Crippen molar-refractivity contribution in [3.8, 4) is 6.07 Å². The molecule has 0 bridgehead atoms. The number of nitrogens with zero attached hydrogens (tertiary/aromatic N) is 1. The van der Waals surface area contributed by atoms with Gasteiger partial charge in [-0.3, -0.25) is 0 Å². The van der Waals surface area contributed by atoms with Crippen molar-refractivity contribution in [2.75, 3.05) is 14.2 Å². The predicted molar refractivity (Wildman–Crippen MR) is 131 cm³/mol. The Morgan fingerprint density at radius 1 is 1.25 bits per heavy atom. The van der Waals surface area contributed by atoms with Gasteiger partial charge in [-0.05, 0) is 86.4 Å². The number of aliphatic hydroxyl groups is 1. The quantitative estimate of drug-likeness (QED) is 0.506. The first-order chi connectivity index (χ1) is 15.4. The highest BCUT2D eigenvalue weighted by molar-refractivity contribution is 6.31. The molecular weight excluding hydrogens is 443 g/mol. The van der Waals surface area contributed by atoms with Gasteiger partial charge in [0.05, 0.1) is 11.6 Å². The molecule has 4 nitrogen and oxygen atoms in total. The van der Waals surface area contributed by atoms with Crippen LogP contribution in [0.15, 0.2) is 42.5 Å². The Kier molecular flexibility index (Phi) is 9.73. The third-order valence-corrected chi connectivity index (χ3v) is 7.66. The highest BCUT2D eigenvalue weighted by atomic mass is 35.5. The van der Waals surface area contributed by atoms with E-state index in [2.05, 4.69) is 37.4 Å². The van der Waals surface area contributed by atoms with E-state index in [4.69, 9.17) is 28.3 Å². The molecule has 2 aromatic rings. The van der Waals surface area contributed by atoms with Gasteiger partial charge in [0.25, 0.3) is 0 Å². The molecule has 5 atom stereocenters. The summed E-state index contributed by atoms with van der Waals surface area (Å²) in [6.45, 7) is 4.27. The van der Waals surface area contributed by atoms with E-state index >= 15 is 0 Å². The van der Waals surface area contributed by atoms with Crippen LogP contribution in [0, 0.1) is 22.7 Å². The third kappa shape index (κ3) is 5.18. The van der Waals surface area contributed by atoms with E-state index in [1.807, 2.05) is 31.3 Å². The highest BCUT2D eigenvalue weighted by Gasteiger charge is 2.51. The second kappa shape index (κ2) is 11.8. The number of halogens is 2. The number of rotatable bonds is 6. The fraction of sp³-hybridized carbons (Fsp3) is 0.462. The zero-order chi connectivity index (χ0) is 23.9. The molecule has 0 heterocycles. The Bertz CT molecular complexity index is 942. The highest BCUT2D eigenvalue weighted by Crippen LogP contribution is 2.57. The van der Waals surface area contributed by atoms with E-state index in [0.29, 0.717) is 15.6 Å². The topological polar surface area (TPSA) is 73.1 Å². The maximum Gasteiger partial charge on any atom is 0.126 e. The molecule has 6 heteroatoms. The van der Waals surface area contributed by atoms with Gasteiger partial charge in [0.1, 0.15) is 6.29 Å². The Morgan fingerprint density at radius 2 is 1.91 bits per heavy atom. The van der Waals surface area contributed by atoms with Crippen LogP contribution >= 0.6 is 23.2 Å². The van der Waals surface area contributed by atoms with Crippen LogP contribution in [0.5, 0.6) is 0 Å². The molecule has 0 radical (unpaired) electrons. The number of nitriles is 1. The molecule has 1 fully saturated rings. The molecule has 4 unspecified atom stereocenters. The number of hydrogen-bond donors (Lipinski definition) is 2. The van der Waals surface area contributed by atoms with E-state index in [1.54, 1.807) is 6.07 Å². The van der Waals surface area contributed by atoms with Crippen LogP contribution in [0.2, 0.25) is 10.0 Å². The Balaban J connectivity index is 0.00000176. The second-order valence-electron chi connectivity index (χ2n) is 8.38. The lowest BCUT2D eigenvalue weighted by molar-refractivity contribution is -0.123. The predicted octanol–water partition coefficient (Wildman–Crippen LogP) is 5.95. The summed E-state index contributed by atoms with van der Waals surface area (Å²) >= 11 is 12.8. The lowest BCUT2D eigenvalue weighted by atomic mass is 9.53. The molecule has 172 valence electrons. The molecule has 1 saturated carbocycles. The SMILES string of the molecule is CCC1(C=O)CCC(c2ccc(C#N)cc2Cl)C(c2ccc(Cl)cc2)[C@@H]1C(C)NC.CO. The van der Waals surface area contributed by atoms with Gasteiger partial charge in [0.15, 0.2) is 0 Å². The first-order valence-corrected chi connectivity index (χ1v) is 11.7. The molecule has 3 rings (SSSR count). The summed E-state index contributed by atoms with van der Waals surface area (Å²) in [5, 5.41) is 21.0. The van der Waals surface area contributed by atoms with Gasteiger partial charge in [0, 0.05) is 28.6 Å². The lowest BCUT2D eigenvalue weighted by Gasteiger charge is -2.51. The van der Waals surface area contributed by atoms with Gasteiger partial charge in [0.2, 0.25) is 0 Å². The number of carbonyl (C=O) groups excluding carboxylic acids is 1. The second-order valence-corrected chi connectivity index (χ2v) is 9.22. The summed E-state index contributed by atoms with van der Waals surface area (Å²) in [7, 11) is 2.95. The Hall–Kier alpha value is -1.90. The molecule has 1 aliphatic rings. The molecule has 0 saturated heterocycles. The lowest BCUT2D eigenvalue weighted by Crippen LogP contribution is -2.50. The average molecular weight is 475 g/mol. The van der Waals surface area contributed by atoms with Crippen molar-refractivity contribution in [2.24, 2.45) is 11.3 Å². The minimum Gasteiger partial charge on any atom is -0.400 e. The van der Waals surface area contributed by atoms with Crippen LogP contribution in [0.3, 0.4) is 0 Å². The van der Waals surface area contributed by atoms with E-state index in [9.17, 15) is 10.1 Å². The third-order valence-electron chi connectivity index (χ3n) is 7.08. The summed E-state index contributed by atoms with van der Waals surface area (Å²) in [6.07, 6.45) is 3.66. The zero-order valence-corrected chi connectivity index (χ0v) is 20.6. The Labute approximate surface area is 201 Å². The van der Waals surface area contributed by atoms with Crippen LogP contribution in [0.4, 0.5) is 0 Å². The largest absolute Gasteiger partial charge is 0.400 e. The van der Waals surface area contributed by atoms with Gasteiger partial charge in [-0.25, -0.2) is 0 Å². The van der Waals surface area contributed by atoms with E-state index in [1.165, 1.54) is 6.29 Å². The average Bonchev–Trinajstić information content (AvgIpc) is 2.84. The van der Waals surface area contributed by atoms with E-state index < -0.39 is 5.41 Å². The number of benzene rings is 2.